The average Bonchev–Trinajstić information content (AvgIpc) is 3.15. The van der Waals surface area contributed by atoms with Crippen molar-refractivity contribution in [2.75, 3.05) is 13.6 Å². The molecule has 0 aliphatic carbocycles. The molecule has 3 rings (SSSR count). The number of carbonyl (C=O) groups is 1. The first-order valence-corrected chi connectivity index (χ1v) is 8.78. The standard InChI is InChI=1S/C16H17N3OS2/c1-19(16(20)17-9-8-12-5-4-10-21-12)11-15-18-13-6-2-3-7-14(13)22-15/h2-7,10H,8-9,11H2,1H3,(H,17,20). The maximum absolute atomic E-state index is 12.1. The van der Waals surface area contributed by atoms with E-state index in [1.54, 1.807) is 34.6 Å². The van der Waals surface area contributed by atoms with Crippen LogP contribution in [0.4, 0.5) is 4.79 Å². The molecule has 0 aliphatic rings. The van der Waals surface area contributed by atoms with Gasteiger partial charge >= 0.3 is 6.03 Å². The summed E-state index contributed by atoms with van der Waals surface area (Å²) in [6.45, 7) is 1.19. The summed E-state index contributed by atoms with van der Waals surface area (Å²) in [6.07, 6.45) is 0.873. The van der Waals surface area contributed by atoms with Gasteiger partial charge in [-0.05, 0) is 30.0 Å². The largest absolute Gasteiger partial charge is 0.338 e. The SMILES string of the molecule is CN(Cc1nc2ccccc2s1)C(=O)NCCc1cccs1. The van der Waals surface area contributed by atoms with Gasteiger partial charge in [-0.25, -0.2) is 9.78 Å². The lowest BCUT2D eigenvalue weighted by atomic mass is 10.3. The molecule has 0 spiro atoms. The predicted octanol–water partition coefficient (Wildman–Crippen LogP) is 3.74. The fourth-order valence-electron chi connectivity index (χ4n) is 2.14. The van der Waals surface area contributed by atoms with Gasteiger partial charge in [-0.3, -0.25) is 0 Å². The van der Waals surface area contributed by atoms with Gasteiger partial charge in [0.05, 0.1) is 16.8 Å². The summed E-state index contributed by atoms with van der Waals surface area (Å²) >= 11 is 3.35. The average molecular weight is 331 g/mol. The van der Waals surface area contributed by atoms with E-state index in [4.69, 9.17) is 0 Å². The van der Waals surface area contributed by atoms with Gasteiger partial charge in [0.1, 0.15) is 5.01 Å². The molecular weight excluding hydrogens is 314 g/mol. The smallest absolute Gasteiger partial charge is 0.317 e. The molecule has 0 radical (unpaired) electrons. The molecule has 22 heavy (non-hydrogen) atoms. The second kappa shape index (κ2) is 6.89. The highest BCUT2D eigenvalue weighted by Crippen LogP contribution is 2.22. The molecule has 0 aliphatic heterocycles. The Hall–Kier alpha value is -1.92. The number of hydrogen-bond acceptors (Lipinski definition) is 4. The molecule has 1 aromatic carbocycles. The number of thiophene rings is 1. The van der Waals surface area contributed by atoms with E-state index in [1.807, 2.05) is 24.3 Å². The van der Waals surface area contributed by atoms with Crippen LogP contribution in [0.15, 0.2) is 41.8 Å². The third-order valence-electron chi connectivity index (χ3n) is 3.29. The monoisotopic (exact) mass is 331 g/mol. The molecule has 0 bridgehead atoms. The second-order valence-corrected chi connectivity index (χ2v) is 7.14. The van der Waals surface area contributed by atoms with Crippen molar-refractivity contribution < 1.29 is 4.79 Å². The number of para-hydroxylation sites is 1. The van der Waals surface area contributed by atoms with Gasteiger partial charge in [-0.15, -0.1) is 22.7 Å². The summed E-state index contributed by atoms with van der Waals surface area (Å²) in [5, 5.41) is 5.95. The van der Waals surface area contributed by atoms with Crippen molar-refractivity contribution in [3.63, 3.8) is 0 Å². The van der Waals surface area contributed by atoms with Crippen LogP contribution in [0.5, 0.6) is 0 Å². The van der Waals surface area contributed by atoms with Crippen LogP contribution in [-0.4, -0.2) is 29.5 Å². The minimum atomic E-state index is -0.0594. The highest BCUT2D eigenvalue weighted by atomic mass is 32.1. The number of benzene rings is 1. The van der Waals surface area contributed by atoms with E-state index in [1.165, 1.54) is 4.88 Å². The molecule has 0 saturated carbocycles. The summed E-state index contributed by atoms with van der Waals surface area (Å²) in [6, 6.07) is 12.1. The van der Waals surface area contributed by atoms with Crippen LogP contribution >= 0.6 is 22.7 Å². The molecule has 3 aromatic rings. The molecule has 4 nitrogen and oxygen atoms in total. The molecule has 2 aromatic heterocycles. The van der Waals surface area contributed by atoms with Crippen LogP contribution in [0.3, 0.4) is 0 Å². The van der Waals surface area contributed by atoms with Gasteiger partial charge in [-0.1, -0.05) is 18.2 Å². The lowest BCUT2D eigenvalue weighted by molar-refractivity contribution is 0.207. The van der Waals surface area contributed by atoms with Gasteiger partial charge in [0.2, 0.25) is 0 Å². The highest BCUT2D eigenvalue weighted by Gasteiger charge is 2.11. The quantitative estimate of drug-likeness (QED) is 0.774. The first-order valence-electron chi connectivity index (χ1n) is 7.08. The maximum atomic E-state index is 12.1. The Balaban J connectivity index is 1.52. The highest BCUT2D eigenvalue weighted by molar-refractivity contribution is 7.18. The van der Waals surface area contributed by atoms with Crippen LogP contribution < -0.4 is 5.32 Å². The van der Waals surface area contributed by atoms with Gasteiger partial charge < -0.3 is 10.2 Å². The summed E-state index contributed by atoms with van der Waals surface area (Å²) in [7, 11) is 1.80. The van der Waals surface area contributed by atoms with E-state index in [-0.39, 0.29) is 6.03 Å². The molecular formula is C16H17N3OS2. The van der Waals surface area contributed by atoms with E-state index in [9.17, 15) is 4.79 Å². The van der Waals surface area contributed by atoms with Crippen LogP contribution in [0.1, 0.15) is 9.88 Å². The Labute approximate surface area is 137 Å². The number of hydrogen-bond donors (Lipinski definition) is 1. The lowest BCUT2D eigenvalue weighted by Gasteiger charge is -2.16. The molecule has 114 valence electrons. The fourth-order valence-corrected chi connectivity index (χ4v) is 3.87. The molecule has 6 heteroatoms. The summed E-state index contributed by atoms with van der Waals surface area (Å²) in [5.74, 6) is 0. The number of rotatable bonds is 5. The molecule has 0 fully saturated rings. The predicted molar refractivity (Wildman–Crippen MR) is 92.5 cm³/mol. The molecule has 2 heterocycles. The molecule has 0 atom stereocenters. The Morgan fingerprint density at radius 1 is 1.27 bits per heavy atom. The minimum absolute atomic E-state index is 0.0594. The van der Waals surface area contributed by atoms with Gasteiger partial charge in [0.15, 0.2) is 0 Å². The van der Waals surface area contributed by atoms with E-state index in [2.05, 4.69) is 27.8 Å². The van der Waals surface area contributed by atoms with Crippen molar-refractivity contribution in [2.24, 2.45) is 0 Å². The van der Waals surface area contributed by atoms with Gasteiger partial charge in [-0.2, -0.15) is 0 Å². The Morgan fingerprint density at radius 2 is 2.14 bits per heavy atom. The summed E-state index contributed by atoms with van der Waals surface area (Å²) < 4.78 is 1.16. The normalized spacial score (nSPS) is 10.8. The summed E-state index contributed by atoms with van der Waals surface area (Å²) in [5.41, 5.74) is 0.994. The van der Waals surface area contributed by atoms with Gasteiger partial charge in [0, 0.05) is 18.5 Å². The van der Waals surface area contributed by atoms with Crippen molar-refractivity contribution in [1.82, 2.24) is 15.2 Å². The van der Waals surface area contributed by atoms with Crippen LogP contribution in [0.25, 0.3) is 10.2 Å². The number of nitrogens with zero attached hydrogens (tertiary/aromatic N) is 2. The second-order valence-electron chi connectivity index (χ2n) is 4.99. The number of nitrogens with one attached hydrogen (secondary N) is 1. The summed E-state index contributed by atoms with van der Waals surface area (Å²) in [4.78, 5) is 19.6. The van der Waals surface area contributed by atoms with E-state index in [0.29, 0.717) is 13.1 Å². The van der Waals surface area contributed by atoms with E-state index >= 15 is 0 Å². The van der Waals surface area contributed by atoms with E-state index < -0.39 is 0 Å². The topological polar surface area (TPSA) is 45.2 Å². The number of thiazole rings is 1. The zero-order valence-electron chi connectivity index (χ0n) is 12.3. The van der Waals surface area contributed by atoms with Crippen molar-refractivity contribution >= 4 is 38.9 Å². The van der Waals surface area contributed by atoms with Crippen molar-refractivity contribution in [3.05, 3.63) is 51.7 Å². The van der Waals surface area contributed by atoms with Crippen molar-refractivity contribution in [3.8, 4) is 0 Å². The maximum Gasteiger partial charge on any atom is 0.317 e. The fraction of sp³-hybridized carbons (Fsp3) is 0.250. The van der Waals surface area contributed by atoms with E-state index in [0.717, 1.165) is 21.6 Å². The Bertz CT molecular complexity index is 719. The Morgan fingerprint density at radius 3 is 2.91 bits per heavy atom. The molecule has 0 unspecified atom stereocenters. The number of urea groups is 1. The van der Waals surface area contributed by atoms with Crippen LogP contribution in [-0.2, 0) is 13.0 Å². The minimum Gasteiger partial charge on any atom is -0.338 e. The first-order chi connectivity index (χ1) is 10.7. The Kier molecular flexibility index (Phi) is 4.70. The molecule has 0 saturated heterocycles. The zero-order chi connectivity index (χ0) is 15.4. The number of carbonyl (C=O) groups excluding carboxylic acids is 1. The molecule has 2 amide bonds. The zero-order valence-corrected chi connectivity index (χ0v) is 13.9. The molecule has 1 N–H and O–H groups in total. The lowest BCUT2D eigenvalue weighted by Crippen LogP contribution is -2.37. The van der Waals surface area contributed by atoms with Crippen LogP contribution in [0, 0.1) is 0 Å². The van der Waals surface area contributed by atoms with Crippen molar-refractivity contribution in [2.45, 2.75) is 13.0 Å². The number of amides is 2. The number of aromatic nitrogens is 1. The third-order valence-corrected chi connectivity index (χ3v) is 5.24. The van der Waals surface area contributed by atoms with Gasteiger partial charge in [0.25, 0.3) is 0 Å². The third kappa shape index (κ3) is 3.64. The van der Waals surface area contributed by atoms with Crippen molar-refractivity contribution in [1.29, 1.82) is 0 Å². The first kappa shape index (κ1) is 15.0. The number of fused-ring (bicyclic) bond motifs is 1. The van der Waals surface area contributed by atoms with Crippen LogP contribution in [0.2, 0.25) is 0 Å².